The number of rotatable bonds is 4. The molecule has 1 unspecified atom stereocenters. The zero-order chi connectivity index (χ0) is 13.8. The van der Waals surface area contributed by atoms with Crippen LogP contribution in [0, 0.1) is 0 Å². The van der Waals surface area contributed by atoms with E-state index in [1.165, 1.54) is 0 Å². The van der Waals surface area contributed by atoms with E-state index in [9.17, 15) is 0 Å². The smallest absolute Gasteiger partial charge is 0.118 e. The average molecular weight is 259 g/mol. The van der Waals surface area contributed by atoms with E-state index in [2.05, 4.69) is 11.9 Å². The summed E-state index contributed by atoms with van der Waals surface area (Å²) in [6.07, 6.45) is 1.77. The highest BCUT2D eigenvalue weighted by Crippen LogP contribution is 2.23. The predicted octanol–water partition coefficient (Wildman–Crippen LogP) is 1.63. The summed E-state index contributed by atoms with van der Waals surface area (Å²) in [5, 5.41) is 3.34. The Hall–Kier alpha value is -1.94. The molecule has 19 heavy (non-hydrogen) atoms. The van der Waals surface area contributed by atoms with Gasteiger partial charge in [-0.2, -0.15) is 0 Å². The van der Waals surface area contributed by atoms with Gasteiger partial charge < -0.3 is 21.5 Å². The van der Waals surface area contributed by atoms with Gasteiger partial charge in [-0.1, -0.05) is 18.7 Å². The van der Waals surface area contributed by atoms with Gasteiger partial charge in [-0.25, -0.2) is 0 Å². The molecule has 4 heteroatoms. The Morgan fingerprint density at radius 1 is 1.37 bits per heavy atom. The molecule has 1 atom stereocenters. The highest BCUT2D eigenvalue weighted by molar-refractivity contribution is 5.37. The van der Waals surface area contributed by atoms with E-state index in [0.29, 0.717) is 12.2 Å². The van der Waals surface area contributed by atoms with Crippen LogP contribution in [0.3, 0.4) is 0 Å². The number of nitrogens with two attached hydrogens (primary N) is 2. The molecule has 1 aliphatic rings. The van der Waals surface area contributed by atoms with E-state index in [1.54, 1.807) is 7.11 Å². The van der Waals surface area contributed by atoms with Crippen LogP contribution in [-0.2, 0) is 6.54 Å². The third-order valence-corrected chi connectivity index (χ3v) is 3.43. The van der Waals surface area contributed by atoms with Crippen LogP contribution < -0.4 is 21.5 Å². The van der Waals surface area contributed by atoms with Crippen molar-refractivity contribution in [3.05, 3.63) is 53.4 Å². The van der Waals surface area contributed by atoms with Gasteiger partial charge in [0.15, 0.2) is 0 Å². The summed E-state index contributed by atoms with van der Waals surface area (Å²) in [4.78, 5) is 0. The van der Waals surface area contributed by atoms with Crippen molar-refractivity contribution in [2.45, 2.75) is 25.4 Å². The third-order valence-electron chi connectivity index (χ3n) is 3.43. The first-order chi connectivity index (χ1) is 9.11. The highest BCUT2D eigenvalue weighted by Gasteiger charge is 2.19. The molecule has 1 aromatic rings. The number of hydrogen-bond acceptors (Lipinski definition) is 4. The van der Waals surface area contributed by atoms with Crippen molar-refractivity contribution in [1.29, 1.82) is 0 Å². The highest BCUT2D eigenvalue weighted by atomic mass is 16.5. The predicted molar refractivity (Wildman–Crippen MR) is 77.4 cm³/mol. The van der Waals surface area contributed by atoms with Crippen molar-refractivity contribution in [3.63, 3.8) is 0 Å². The Bertz CT molecular complexity index is 491. The molecule has 4 nitrogen and oxygen atoms in total. The molecule has 0 spiro atoms. The topological polar surface area (TPSA) is 73.3 Å². The summed E-state index contributed by atoms with van der Waals surface area (Å²) in [6, 6.07) is 7.86. The molecule has 1 aliphatic carbocycles. The number of benzene rings is 1. The van der Waals surface area contributed by atoms with E-state index in [-0.39, 0.29) is 6.04 Å². The molecule has 0 saturated carbocycles. The molecule has 0 radical (unpaired) electrons. The fourth-order valence-electron chi connectivity index (χ4n) is 2.16. The summed E-state index contributed by atoms with van der Waals surface area (Å²) in [5.41, 5.74) is 15.8. The van der Waals surface area contributed by atoms with Gasteiger partial charge in [-0.05, 0) is 36.1 Å². The standard InChI is InChI=1S/C15H21N3O/c1-10-3-8-13(16)14(17)15(10)18-9-11-4-6-12(19-2)7-5-11/h4-7,13,18H,1,3,8-9,16-17H2,2H3. The normalized spacial score (nSPS) is 19.5. The Morgan fingerprint density at radius 2 is 2.05 bits per heavy atom. The van der Waals surface area contributed by atoms with Crippen molar-refractivity contribution < 1.29 is 4.74 Å². The summed E-state index contributed by atoms with van der Waals surface area (Å²) in [5.74, 6) is 0.853. The average Bonchev–Trinajstić information content (AvgIpc) is 2.44. The molecule has 5 N–H and O–H groups in total. The zero-order valence-electron chi connectivity index (χ0n) is 11.3. The van der Waals surface area contributed by atoms with Gasteiger partial charge in [0.1, 0.15) is 5.75 Å². The maximum absolute atomic E-state index is 6.03. The quantitative estimate of drug-likeness (QED) is 0.768. The molecule has 0 fully saturated rings. The molecule has 0 aromatic heterocycles. The van der Waals surface area contributed by atoms with Crippen molar-refractivity contribution in [3.8, 4) is 5.75 Å². The van der Waals surface area contributed by atoms with Gasteiger partial charge in [0.2, 0.25) is 0 Å². The van der Waals surface area contributed by atoms with Crippen LogP contribution in [0.5, 0.6) is 5.75 Å². The van der Waals surface area contributed by atoms with Gasteiger partial charge in [-0.3, -0.25) is 0 Å². The van der Waals surface area contributed by atoms with E-state index >= 15 is 0 Å². The van der Waals surface area contributed by atoms with Crippen LogP contribution in [0.25, 0.3) is 0 Å². The van der Waals surface area contributed by atoms with Crippen molar-refractivity contribution in [1.82, 2.24) is 5.32 Å². The maximum atomic E-state index is 6.03. The van der Waals surface area contributed by atoms with Crippen LogP contribution in [0.1, 0.15) is 18.4 Å². The summed E-state index contributed by atoms with van der Waals surface area (Å²) < 4.78 is 5.13. The second-order valence-electron chi connectivity index (χ2n) is 4.78. The molecule has 0 amide bonds. The van der Waals surface area contributed by atoms with E-state index in [1.807, 2.05) is 24.3 Å². The minimum Gasteiger partial charge on any atom is -0.497 e. The molecule has 0 heterocycles. The molecule has 0 saturated heterocycles. The Balaban J connectivity index is 2.04. The van der Waals surface area contributed by atoms with Gasteiger partial charge >= 0.3 is 0 Å². The number of allylic oxidation sites excluding steroid dienone is 1. The molecule has 2 rings (SSSR count). The Morgan fingerprint density at radius 3 is 2.68 bits per heavy atom. The minimum atomic E-state index is -0.0659. The van der Waals surface area contributed by atoms with Gasteiger partial charge in [-0.15, -0.1) is 0 Å². The SMILES string of the molecule is C=C1CCC(N)C(N)=C1NCc1ccc(OC)cc1. The number of methoxy groups -OCH3 is 1. The zero-order valence-corrected chi connectivity index (χ0v) is 11.3. The fourth-order valence-corrected chi connectivity index (χ4v) is 2.16. The second-order valence-corrected chi connectivity index (χ2v) is 4.78. The minimum absolute atomic E-state index is 0.0659. The van der Waals surface area contributed by atoms with Crippen LogP contribution in [0.15, 0.2) is 47.8 Å². The molecule has 0 aliphatic heterocycles. The Labute approximate surface area is 114 Å². The van der Waals surface area contributed by atoms with E-state index in [0.717, 1.165) is 35.4 Å². The van der Waals surface area contributed by atoms with Crippen LogP contribution in [0.2, 0.25) is 0 Å². The summed E-state index contributed by atoms with van der Waals surface area (Å²) in [7, 11) is 1.66. The first-order valence-electron chi connectivity index (χ1n) is 6.42. The maximum Gasteiger partial charge on any atom is 0.118 e. The molecule has 102 valence electrons. The number of ether oxygens (including phenoxy) is 1. The second kappa shape index (κ2) is 5.80. The molecular weight excluding hydrogens is 238 g/mol. The monoisotopic (exact) mass is 259 g/mol. The lowest BCUT2D eigenvalue weighted by atomic mass is 9.93. The number of nitrogens with one attached hydrogen (secondary N) is 1. The largest absolute Gasteiger partial charge is 0.497 e. The molecule has 0 bridgehead atoms. The number of hydrogen-bond donors (Lipinski definition) is 3. The lowest BCUT2D eigenvalue weighted by molar-refractivity contribution is 0.414. The van der Waals surface area contributed by atoms with Crippen LogP contribution in [0.4, 0.5) is 0 Å². The van der Waals surface area contributed by atoms with Crippen molar-refractivity contribution in [2.75, 3.05) is 7.11 Å². The lowest BCUT2D eigenvalue weighted by Crippen LogP contribution is -2.35. The van der Waals surface area contributed by atoms with Crippen molar-refractivity contribution >= 4 is 0 Å². The lowest BCUT2D eigenvalue weighted by Gasteiger charge is -2.26. The van der Waals surface area contributed by atoms with Gasteiger partial charge in [0, 0.05) is 18.3 Å². The fraction of sp³-hybridized carbons (Fsp3) is 0.333. The van der Waals surface area contributed by atoms with Crippen LogP contribution in [-0.4, -0.2) is 13.2 Å². The Kier molecular flexibility index (Phi) is 4.12. The van der Waals surface area contributed by atoms with E-state index < -0.39 is 0 Å². The summed E-state index contributed by atoms with van der Waals surface area (Å²) in [6.45, 7) is 4.74. The first kappa shape index (κ1) is 13.5. The summed E-state index contributed by atoms with van der Waals surface area (Å²) >= 11 is 0. The third kappa shape index (κ3) is 3.09. The van der Waals surface area contributed by atoms with E-state index in [4.69, 9.17) is 16.2 Å². The molecular formula is C15H21N3O. The van der Waals surface area contributed by atoms with Crippen molar-refractivity contribution in [2.24, 2.45) is 11.5 Å². The first-order valence-corrected chi connectivity index (χ1v) is 6.42. The van der Waals surface area contributed by atoms with Crippen LogP contribution >= 0.6 is 0 Å². The van der Waals surface area contributed by atoms with Gasteiger partial charge in [0.05, 0.1) is 12.8 Å². The van der Waals surface area contributed by atoms with Gasteiger partial charge in [0.25, 0.3) is 0 Å². The molecule has 1 aromatic carbocycles.